The monoisotopic (exact) mass is 431 g/mol. The van der Waals surface area contributed by atoms with Crippen molar-refractivity contribution in [2.45, 2.75) is 19.3 Å². The zero-order valence-electron chi connectivity index (χ0n) is 16.6. The maximum absolute atomic E-state index is 12.7. The van der Waals surface area contributed by atoms with Crippen LogP contribution in [-0.4, -0.2) is 57.1 Å². The molecule has 0 bridgehead atoms. The highest BCUT2D eigenvalue weighted by Gasteiger charge is 2.30. The standard InChI is InChI=1S/C21H25N3O5S/c25-20(17-5-10-23(11-6-17)21(26)18-8-13-29-15-18)22-9-14-30(27,28)24-12-7-16-3-1-2-4-19(16)24/h1-4,8,13,15,17H,5-7,9-12,14H2,(H,22,25). The van der Waals surface area contributed by atoms with E-state index in [2.05, 4.69) is 5.32 Å². The van der Waals surface area contributed by atoms with E-state index >= 15 is 0 Å². The highest BCUT2D eigenvalue weighted by atomic mass is 32.2. The predicted molar refractivity (Wildman–Crippen MR) is 112 cm³/mol. The number of anilines is 1. The number of para-hydroxylation sites is 1. The van der Waals surface area contributed by atoms with Crippen molar-refractivity contribution < 1.29 is 22.4 Å². The molecule has 0 unspecified atom stereocenters. The summed E-state index contributed by atoms with van der Waals surface area (Å²) in [7, 11) is -3.49. The molecule has 2 aromatic rings. The summed E-state index contributed by atoms with van der Waals surface area (Å²) in [5.74, 6) is -0.596. The van der Waals surface area contributed by atoms with E-state index in [4.69, 9.17) is 4.42 Å². The third kappa shape index (κ3) is 4.21. The summed E-state index contributed by atoms with van der Waals surface area (Å²) in [5, 5.41) is 2.76. The Hall–Kier alpha value is -2.81. The number of nitrogens with one attached hydrogen (secondary N) is 1. The molecule has 2 amide bonds. The number of nitrogens with zero attached hydrogens (tertiary/aromatic N) is 2. The van der Waals surface area contributed by atoms with Crippen LogP contribution in [0.15, 0.2) is 47.3 Å². The lowest BCUT2D eigenvalue weighted by molar-refractivity contribution is -0.126. The van der Waals surface area contributed by atoms with Gasteiger partial charge in [-0.05, 0) is 37.0 Å². The van der Waals surface area contributed by atoms with E-state index in [0.717, 1.165) is 11.3 Å². The van der Waals surface area contributed by atoms with E-state index in [1.54, 1.807) is 11.0 Å². The van der Waals surface area contributed by atoms with Crippen LogP contribution in [-0.2, 0) is 21.2 Å². The molecule has 30 heavy (non-hydrogen) atoms. The van der Waals surface area contributed by atoms with Crippen LogP contribution in [0.1, 0.15) is 28.8 Å². The van der Waals surface area contributed by atoms with Gasteiger partial charge in [-0.15, -0.1) is 0 Å². The first-order valence-corrected chi connectivity index (χ1v) is 11.7. The number of hydrogen-bond acceptors (Lipinski definition) is 5. The first kappa shape index (κ1) is 20.5. The molecule has 2 aliphatic heterocycles. The minimum atomic E-state index is -3.49. The SMILES string of the molecule is O=C(NCCS(=O)(=O)N1CCc2ccccc21)C1CCN(C(=O)c2ccoc2)CC1. The summed E-state index contributed by atoms with van der Waals surface area (Å²) < 4.78 is 31.8. The van der Waals surface area contributed by atoms with Gasteiger partial charge < -0.3 is 14.6 Å². The lowest BCUT2D eigenvalue weighted by Crippen LogP contribution is -2.44. The second kappa shape index (κ2) is 8.51. The minimum absolute atomic E-state index is 0.0774. The molecule has 0 atom stereocenters. The van der Waals surface area contributed by atoms with Gasteiger partial charge >= 0.3 is 0 Å². The van der Waals surface area contributed by atoms with Gasteiger partial charge in [-0.2, -0.15) is 0 Å². The molecule has 1 N–H and O–H groups in total. The van der Waals surface area contributed by atoms with Crippen LogP contribution in [0, 0.1) is 5.92 Å². The number of rotatable bonds is 6. The lowest BCUT2D eigenvalue weighted by Gasteiger charge is -2.31. The van der Waals surface area contributed by atoms with Gasteiger partial charge in [0.1, 0.15) is 6.26 Å². The molecule has 1 aromatic heterocycles. The van der Waals surface area contributed by atoms with Crippen LogP contribution in [0.2, 0.25) is 0 Å². The number of piperidine rings is 1. The molecule has 1 fully saturated rings. The second-order valence-corrected chi connectivity index (χ2v) is 9.65. The summed E-state index contributed by atoms with van der Waals surface area (Å²) in [6.07, 6.45) is 4.70. The smallest absolute Gasteiger partial charge is 0.257 e. The summed E-state index contributed by atoms with van der Waals surface area (Å²) in [5.41, 5.74) is 2.27. The Bertz CT molecular complexity index is 1010. The molecule has 3 heterocycles. The minimum Gasteiger partial charge on any atom is -0.472 e. The van der Waals surface area contributed by atoms with Gasteiger partial charge in [0, 0.05) is 32.1 Å². The van der Waals surface area contributed by atoms with Gasteiger partial charge in [-0.3, -0.25) is 13.9 Å². The lowest BCUT2D eigenvalue weighted by atomic mass is 9.95. The van der Waals surface area contributed by atoms with Crippen LogP contribution in [0.25, 0.3) is 0 Å². The van der Waals surface area contributed by atoms with Crippen molar-refractivity contribution in [2.24, 2.45) is 5.92 Å². The number of furan rings is 1. The number of fused-ring (bicyclic) bond motifs is 1. The summed E-state index contributed by atoms with van der Waals surface area (Å²) in [6.45, 7) is 1.50. The molecular formula is C21H25N3O5S. The second-order valence-electron chi connectivity index (χ2n) is 7.64. The highest BCUT2D eigenvalue weighted by molar-refractivity contribution is 7.92. The van der Waals surface area contributed by atoms with Gasteiger partial charge in [-0.25, -0.2) is 8.42 Å². The van der Waals surface area contributed by atoms with Crippen molar-refractivity contribution in [2.75, 3.05) is 36.2 Å². The van der Waals surface area contributed by atoms with Gasteiger partial charge in [0.2, 0.25) is 15.9 Å². The number of benzene rings is 1. The number of sulfonamides is 1. The van der Waals surface area contributed by atoms with Crippen LogP contribution in [0.4, 0.5) is 5.69 Å². The fourth-order valence-corrected chi connectivity index (χ4v) is 5.50. The van der Waals surface area contributed by atoms with Crippen LogP contribution in [0.3, 0.4) is 0 Å². The number of likely N-dealkylation sites (tertiary alicyclic amines) is 1. The maximum atomic E-state index is 12.7. The molecule has 8 nitrogen and oxygen atoms in total. The molecule has 0 radical (unpaired) electrons. The van der Waals surface area contributed by atoms with E-state index in [1.165, 1.54) is 16.8 Å². The first-order valence-electron chi connectivity index (χ1n) is 10.1. The Morgan fingerprint density at radius 2 is 1.87 bits per heavy atom. The molecule has 0 spiro atoms. The summed E-state index contributed by atoms with van der Waals surface area (Å²) >= 11 is 0. The van der Waals surface area contributed by atoms with Gasteiger partial charge in [0.15, 0.2) is 0 Å². The Balaban J connectivity index is 1.24. The molecule has 1 aromatic carbocycles. The number of hydrogen-bond donors (Lipinski definition) is 1. The van der Waals surface area contributed by atoms with Gasteiger partial charge in [0.05, 0.1) is 23.3 Å². The van der Waals surface area contributed by atoms with Crippen molar-refractivity contribution in [3.63, 3.8) is 0 Å². The molecule has 0 aliphatic carbocycles. The Morgan fingerprint density at radius 1 is 1.10 bits per heavy atom. The Kier molecular flexibility index (Phi) is 5.80. The normalized spacial score (nSPS) is 17.1. The zero-order valence-corrected chi connectivity index (χ0v) is 17.4. The Morgan fingerprint density at radius 3 is 2.60 bits per heavy atom. The summed E-state index contributed by atoms with van der Waals surface area (Å²) in [4.78, 5) is 26.5. The fraction of sp³-hybridized carbons (Fsp3) is 0.429. The van der Waals surface area contributed by atoms with Gasteiger partial charge in [0.25, 0.3) is 5.91 Å². The van der Waals surface area contributed by atoms with Crippen molar-refractivity contribution >= 4 is 27.5 Å². The fourth-order valence-electron chi connectivity index (χ4n) is 4.07. The molecule has 4 rings (SSSR count). The van der Waals surface area contributed by atoms with E-state index in [9.17, 15) is 18.0 Å². The largest absolute Gasteiger partial charge is 0.472 e. The number of carbonyl (C=O) groups is 2. The highest BCUT2D eigenvalue weighted by Crippen LogP contribution is 2.29. The Labute approximate surface area is 175 Å². The number of carbonyl (C=O) groups excluding carboxylic acids is 2. The van der Waals surface area contributed by atoms with Crippen molar-refractivity contribution in [1.29, 1.82) is 0 Å². The number of amides is 2. The van der Waals surface area contributed by atoms with Crippen LogP contribution < -0.4 is 9.62 Å². The van der Waals surface area contributed by atoms with Crippen molar-refractivity contribution in [1.82, 2.24) is 10.2 Å². The topological polar surface area (TPSA) is 99.9 Å². The molecular weight excluding hydrogens is 406 g/mol. The van der Waals surface area contributed by atoms with E-state index in [-0.39, 0.29) is 30.0 Å². The quantitative estimate of drug-likeness (QED) is 0.750. The van der Waals surface area contributed by atoms with E-state index in [0.29, 0.717) is 44.5 Å². The van der Waals surface area contributed by atoms with Crippen LogP contribution >= 0.6 is 0 Å². The van der Waals surface area contributed by atoms with Crippen molar-refractivity contribution in [3.05, 3.63) is 54.0 Å². The van der Waals surface area contributed by atoms with Crippen molar-refractivity contribution in [3.8, 4) is 0 Å². The van der Waals surface area contributed by atoms with E-state index < -0.39 is 10.0 Å². The third-order valence-corrected chi connectivity index (χ3v) is 7.53. The summed E-state index contributed by atoms with van der Waals surface area (Å²) in [6, 6.07) is 9.12. The zero-order chi connectivity index (χ0) is 21.1. The molecule has 2 aliphatic rings. The molecule has 0 saturated carbocycles. The third-order valence-electron chi connectivity index (χ3n) is 5.76. The molecule has 9 heteroatoms. The average Bonchev–Trinajstić information content (AvgIpc) is 3.43. The predicted octanol–water partition coefficient (Wildman–Crippen LogP) is 1.64. The van der Waals surface area contributed by atoms with E-state index in [1.807, 2.05) is 24.3 Å². The first-order chi connectivity index (χ1) is 14.5. The molecule has 1 saturated heterocycles. The van der Waals surface area contributed by atoms with Crippen LogP contribution in [0.5, 0.6) is 0 Å². The maximum Gasteiger partial charge on any atom is 0.257 e. The van der Waals surface area contributed by atoms with Gasteiger partial charge in [-0.1, -0.05) is 18.2 Å². The average molecular weight is 432 g/mol. The molecule has 160 valence electrons.